The number of allylic oxidation sites excluding steroid dienone is 4. The summed E-state index contributed by atoms with van der Waals surface area (Å²) in [5.41, 5.74) is 0. The zero-order valence-corrected chi connectivity index (χ0v) is 14.6. The monoisotopic (exact) mass is 304 g/mol. The van der Waals surface area contributed by atoms with E-state index in [4.69, 9.17) is 0 Å². The SMILES string of the molecule is CC.CCC1=C(C)SC(=C2SC(C)=C(C)S2)S1. The Balaban J connectivity index is 0.000000686. The van der Waals surface area contributed by atoms with Crippen LogP contribution < -0.4 is 0 Å². The maximum Gasteiger partial charge on any atom is 0.0699 e. The van der Waals surface area contributed by atoms with Gasteiger partial charge in [-0.2, -0.15) is 0 Å². The number of thioether (sulfide) groups is 4. The van der Waals surface area contributed by atoms with Gasteiger partial charge in [0.2, 0.25) is 0 Å². The average molecular weight is 305 g/mol. The lowest BCUT2D eigenvalue weighted by Crippen LogP contribution is -1.69. The van der Waals surface area contributed by atoms with Gasteiger partial charge in [0.1, 0.15) is 0 Å². The fourth-order valence-corrected chi connectivity index (χ4v) is 6.82. The Hall–Kier alpha value is 0.620. The second-order valence-corrected chi connectivity index (χ2v) is 8.72. The molecule has 0 unspecified atom stereocenters. The van der Waals surface area contributed by atoms with Crippen LogP contribution >= 0.6 is 47.0 Å². The molecule has 0 nitrogen and oxygen atoms in total. The summed E-state index contributed by atoms with van der Waals surface area (Å²) in [6, 6.07) is 0. The number of hydrogen-bond donors (Lipinski definition) is 0. The van der Waals surface area contributed by atoms with Crippen LogP contribution in [0.3, 0.4) is 0 Å². The Labute approximate surface area is 123 Å². The summed E-state index contributed by atoms with van der Waals surface area (Å²) in [5, 5.41) is 0. The van der Waals surface area contributed by atoms with Crippen LogP contribution in [-0.2, 0) is 0 Å². The molecule has 0 aromatic rings. The lowest BCUT2D eigenvalue weighted by Gasteiger charge is -2.01. The summed E-state index contributed by atoms with van der Waals surface area (Å²) in [6.45, 7) is 12.9. The third-order valence-electron chi connectivity index (χ3n) is 2.33. The van der Waals surface area contributed by atoms with E-state index < -0.39 is 0 Å². The molecule has 2 rings (SSSR count). The quantitative estimate of drug-likeness (QED) is 0.511. The Morgan fingerprint density at radius 1 is 0.706 bits per heavy atom. The molecule has 0 aliphatic carbocycles. The van der Waals surface area contributed by atoms with Gasteiger partial charge in [0.15, 0.2) is 0 Å². The molecule has 0 N–H and O–H groups in total. The van der Waals surface area contributed by atoms with Crippen molar-refractivity contribution in [3.05, 3.63) is 28.1 Å². The summed E-state index contributed by atoms with van der Waals surface area (Å²) >= 11 is 7.81. The van der Waals surface area contributed by atoms with Crippen LogP contribution in [0, 0.1) is 0 Å². The van der Waals surface area contributed by atoms with E-state index in [1.54, 1.807) is 4.91 Å². The molecule has 0 amide bonds. The van der Waals surface area contributed by atoms with Gasteiger partial charge in [0.25, 0.3) is 0 Å². The third-order valence-corrected chi connectivity index (χ3v) is 8.28. The summed E-state index contributed by atoms with van der Waals surface area (Å²) in [7, 11) is 0. The minimum absolute atomic E-state index is 1.17. The largest absolute Gasteiger partial charge is 0.0849 e. The van der Waals surface area contributed by atoms with Gasteiger partial charge in [-0.1, -0.05) is 67.8 Å². The van der Waals surface area contributed by atoms with E-state index in [9.17, 15) is 0 Å². The minimum Gasteiger partial charge on any atom is -0.0849 e. The van der Waals surface area contributed by atoms with Crippen LogP contribution in [0.5, 0.6) is 0 Å². The van der Waals surface area contributed by atoms with Crippen LogP contribution in [0.25, 0.3) is 0 Å². The highest BCUT2D eigenvalue weighted by Crippen LogP contribution is 2.59. The van der Waals surface area contributed by atoms with Crippen LogP contribution in [-0.4, -0.2) is 0 Å². The standard InChI is InChI=1S/C11H14S4.C2H6/c1-5-9-8(4)14-11(15-9)10-12-6(2)7(3)13-10;1-2/h5H2,1-4H3;1-2H3. The van der Waals surface area contributed by atoms with Crippen molar-refractivity contribution in [3.8, 4) is 0 Å². The lowest BCUT2D eigenvalue weighted by molar-refractivity contribution is 1.19. The Morgan fingerprint density at radius 2 is 1.12 bits per heavy atom. The molecular weight excluding hydrogens is 284 g/mol. The van der Waals surface area contributed by atoms with Gasteiger partial charge < -0.3 is 0 Å². The molecule has 17 heavy (non-hydrogen) atoms. The van der Waals surface area contributed by atoms with E-state index in [2.05, 4.69) is 27.7 Å². The van der Waals surface area contributed by atoms with E-state index in [1.807, 2.05) is 60.9 Å². The van der Waals surface area contributed by atoms with Crippen molar-refractivity contribution in [3.63, 3.8) is 0 Å². The summed E-state index contributed by atoms with van der Waals surface area (Å²) < 4.78 is 2.98. The molecular formula is C13H20S4. The summed E-state index contributed by atoms with van der Waals surface area (Å²) in [6.07, 6.45) is 1.17. The highest BCUT2D eigenvalue weighted by molar-refractivity contribution is 8.34. The molecule has 4 heteroatoms. The third kappa shape index (κ3) is 3.79. The van der Waals surface area contributed by atoms with Crippen molar-refractivity contribution >= 4 is 47.0 Å². The molecule has 0 aromatic carbocycles. The van der Waals surface area contributed by atoms with Crippen molar-refractivity contribution in [2.45, 2.75) is 48.0 Å². The second kappa shape index (κ2) is 7.27. The first kappa shape index (κ1) is 15.7. The predicted molar refractivity (Wildman–Crippen MR) is 90.1 cm³/mol. The molecule has 0 bridgehead atoms. The highest BCUT2D eigenvalue weighted by atomic mass is 32.2. The van der Waals surface area contributed by atoms with E-state index in [1.165, 1.54) is 29.6 Å². The van der Waals surface area contributed by atoms with Gasteiger partial charge in [-0.15, -0.1) is 0 Å². The molecule has 0 spiro atoms. The maximum absolute atomic E-state index is 2.24. The second-order valence-electron chi connectivity index (χ2n) is 3.43. The minimum atomic E-state index is 1.17. The summed E-state index contributed by atoms with van der Waals surface area (Å²) in [5.74, 6) is 0. The van der Waals surface area contributed by atoms with Crippen molar-refractivity contribution < 1.29 is 0 Å². The molecule has 0 saturated heterocycles. The van der Waals surface area contributed by atoms with Crippen LogP contribution in [0.4, 0.5) is 0 Å². The van der Waals surface area contributed by atoms with E-state index in [0.29, 0.717) is 0 Å². The van der Waals surface area contributed by atoms with Gasteiger partial charge in [-0.25, -0.2) is 0 Å². The van der Waals surface area contributed by atoms with Gasteiger partial charge in [0, 0.05) is 0 Å². The van der Waals surface area contributed by atoms with Crippen molar-refractivity contribution in [2.24, 2.45) is 0 Å². The molecule has 2 aliphatic heterocycles. The smallest absolute Gasteiger partial charge is 0.0699 e. The Morgan fingerprint density at radius 3 is 1.53 bits per heavy atom. The molecule has 2 aliphatic rings. The van der Waals surface area contributed by atoms with E-state index in [0.717, 1.165) is 0 Å². The van der Waals surface area contributed by atoms with E-state index in [-0.39, 0.29) is 0 Å². The van der Waals surface area contributed by atoms with Crippen LogP contribution in [0.2, 0.25) is 0 Å². The van der Waals surface area contributed by atoms with Crippen molar-refractivity contribution in [1.82, 2.24) is 0 Å². The van der Waals surface area contributed by atoms with Crippen LogP contribution in [0.15, 0.2) is 28.1 Å². The molecule has 0 radical (unpaired) electrons. The van der Waals surface area contributed by atoms with Crippen molar-refractivity contribution in [2.75, 3.05) is 0 Å². The highest BCUT2D eigenvalue weighted by Gasteiger charge is 2.24. The van der Waals surface area contributed by atoms with Gasteiger partial charge >= 0.3 is 0 Å². The average Bonchev–Trinajstić information content (AvgIpc) is 2.86. The molecule has 96 valence electrons. The maximum atomic E-state index is 2.24. The fraction of sp³-hybridized carbons (Fsp3) is 0.538. The topological polar surface area (TPSA) is 0 Å². The molecule has 0 fully saturated rings. The molecule has 0 atom stereocenters. The van der Waals surface area contributed by atoms with E-state index >= 15 is 0 Å². The zero-order chi connectivity index (χ0) is 13.0. The van der Waals surface area contributed by atoms with Crippen LogP contribution in [0.1, 0.15) is 48.0 Å². The molecule has 0 saturated carbocycles. The van der Waals surface area contributed by atoms with Gasteiger partial charge in [-0.3, -0.25) is 0 Å². The Bertz CT molecular complexity index is 372. The fourth-order valence-electron chi connectivity index (χ4n) is 1.33. The first-order valence-electron chi connectivity index (χ1n) is 5.94. The van der Waals surface area contributed by atoms with Gasteiger partial charge in [0.05, 0.1) is 8.47 Å². The lowest BCUT2D eigenvalue weighted by atomic mass is 10.4. The van der Waals surface area contributed by atoms with Crippen molar-refractivity contribution in [1.29, 1.82) is 0 Å². The normalized spacial score (nSPS) is 20.1. The molecule has 2 heterocycles. The Kier molecular flexibility index (Phi) is 6.70. The van der Waals surface area contributed by atoms with Gasteiger partial charge in [-0.05, 0) is 46.8 Å². The molecule has 0 aromatic heterocycles. The predicted octanol–water partition coefficient (Wildman–Crippen LogP) is 6.99. The number of rotatable bonds is 1. The first-order valence-corrected chi connectivity index (χ1v) is 9.21. The number of hydrogen-bond acceptors (Lipinski definition) is 4. The summed E-state index contributed by atoms with van der Waals surface area (Å²) in [4.78, 5) is 5.97. The zero-order valence-electron chi connectivity index (χ0n) is 11.3. The first-order chi connectivity index (χ1) is 8.11.